The third-order valence-corrected chi connectivity index (χ3v) is 5.02. The SMILES string of the molecule is CCCNCc1ccc(CS(=O)(=O)N(C)CC(C)C)cc1. The molecule has 0 atom stereocenters. The molecule has 0 saturated carbocycles. The second-order valence-corrected chi connectivity index (χ2v) is 8.00. The molecule has 0 fully saturated rings. The molecule has 0 amide bonds. The van der Waals surface area contributed by atoms with Crippen LogP contribution in [0.15, 0.2) is 24.3 Å². The highest BCUT2D eigenvalue weighted by atomic mass is 32.2. The number of nitrogens with zero attached hydrogens (tertiary/aromatic N) is 1. The van der Waals surface area contributed by atoms with E-state index in [0.717, 1.165) is 25.1 Å². The van der Waals surface area contributed by atoms with E-state index >= 15 is 0 Å². The monoisotopic (exact) mass is 312 g/mol. The third kappa shape index (κ3) is 6.59. The summed E-state index contributed by atoms with van der Waals surface area (Å²) in [5.41, 5.74) is 2.02. The van der Waals surface area contributed by atoms with Crippen molar-refractivity contribution in [2.24, 2.45) is 5.92 Å². The second kappa shape index (κ2) is 8.51. The van der Waals surface area contributed by atoms with Crippen LogP contribution in [0, 0.1) is 5.92 Å². The fourth-order valence-corrected chi connectivity index (χ4v) is 3.47. The van der Waals surface area contributed by atoms with Crippen LogP contribution >= 0.6 is 0 Å². The van der Waals surface area contributed by atoms with Crippen LogP contribution in [0.4, 0.5) is 0 Å². The third-order valence-electron chi connectivity index (χ3n) is 3.23. The zero-order valence-electron chi connectivity index (χ0n) is 13.6. The van der Waals surface area contributed by atoms with Gasteiger partial charge in [0, 0.05) is 20.1 Å². The van der Waals surface area contributed by atoms with E-state index < -0.39 is 10.0 Å². The van der Waals surface area contributed by atoms with Gasteiger partial charge in [0.05, 0.1) is 5.75 Å². The summed E-state index contributed by atoms with van der Waals surface area (Å²) in [4.78, 5) is 0. The molecular formula is C16H28N2O2S. The van der Waals surface area contributed by atoms with Crippen LogP contribution in [-0.2, 0) is 22.3 Å². The topological polar surface area (TPSA) is 49.4 Å². The van der Waals surface area contributed by atoms with Crippen LogP contribution in [0.2, 0.25) is 0 Å². The minimum atomic E-state index is -3.22. The number of hydrogen-bond acceptors (Lipinski definition) is 3. The zero-order valence-corrected chi connectivity index (χ0v) is 14.4. The number of rotatable bonds is 9. The number of sulfonamides is 1. The Balaban J connectivity index is 2.62. The molecule has 21 heavy (non-hydrogen) atoms. The highest BCUT2D eigenvalue weighted by molar-refractivity contribution is 7.88. The van der Waals surface area contributed by atoms with Crippen LogP contribution in [0.1, 0.15) is 38.3 Å². The molecule has 5 heteroatoms. The fraction of sp³-hybridized carbons (Fsp3) is 0.625. The predicted molar refractivity (Wildman–Crippen MR) is 88.5 cm³/mol. The van der Waals surface area contributed by atoms with E-state index in [-0.39, 0.29) is 5.75 Å². The molecule has 120 valence electrons. The first-order valence-corrected chi connectivity index (χ1v) is 9.18. The summed E-state index contributed by atoms with van der Waals surface area (Å²) in [6.07, 6.45) is 1.11. The lowest BCUT2D eigenvalue weighted by Crippen LogP contribution is -2.31. The second-order valence-electron chi connectivity index (χ2n) is 5.92. The van der Waals surface area contributed by atoms with Crippen molar-refractivity contribution in [1.29, 1.82) is 0 Å². The Labute approximate surface area is 129 Å². The van der Waals surface area contributed by atoms with Gasteiger partial charge in [-0.05, 0) is 30.0 Å². The van der Waals surface area contributed by atoms with Gasteiger partial charge in [0.2, 0.25) is 10.0 Å². The summed E-state index contributed by atoms with van der Waals surface area (Å²) in [5, 5.41) is 3.33. The van der Waals surface area contributed by atoms with E-state index in [1.54, 1.807) is 7.05 Å². The summed E-state index contributed by atoms with van der Waals surface area (Å²) >= 11 is 0. The Hall–Kier alpha value is -0.910. The lowest BCUT2D eigenvalue weighted by atomic mass is 10.1. The average Bonchev–Trinajstić information content (AvgIpc) is 2.40. The molecule has 0 heterocycles. The molecule has 1 aromatic carbocycles. The van der Waals surface area contributed by atoms with Gasteiger partial charge < -0.3 is 5.32 Å². The number of nitrogens with one attached hydrogen (secondary N) is 1. The lowest BCUT2D eigenvalue weighted by molar-refractivity contribution is 0.416. The van der Waals surface area contributed by atoms with Crippen molar-refractivity contribution in [3.63, 3.8) is 0 Å². The molecule has 0 aliphatic carbocycles. The van der Waals surface area contributed by atoms with E-state index in [2.05, 4.69) is 12.2 Å². The van der Waals surface area contributed by atoms with Crippen LogP contribution in [0.5, 0.6) is 0 Å². The van der Waals surface area contributed by atoms with Gasteiger partial charge >= 0.3 is 0 Å². The molecule has 1 aromatic rings. The van der Waals surface area contributed by atoms with Gasteiger partial charge in [-0.2, -0.15) is 0 Å². The molecular weight excluding hydrogens is 284 g/mol. The van der Waals surface area contributed by atoms with Crippen molar-refractivity contribution in [2.75, 3.05) is 20.1 Å². The number of benzene rings is 1. The van der Waals surface area contributed by atoms with Crippen molar-refractivity contribution in [3.8, 4) is 0 Å². The summed E-state index contributed by atoms with van der Waals surface area (Å²) in [5.74, 6) is 0.399. The van der Waals surface area contributed by atoms with Crippen LogP contribution in [0.3, 0.4) is 0 Å². The highest BCUT2D eigenvalue weighted by Gasteiger charge is 2.19. The minimum absolute atomic E-state index is 0.0683. The lowest BCUT2D eigenvalue weighted by Gasteiger charge is -2.19. The molecule has 1 N–H and O–H groups in total. The quantitative estimate of drug-likeness (QED) is 0.713. The predicted octanol–water partition coefficient (Wildman–Crippen LogP) is 2.60. The first kappa shape index (κ1) is 18.1. The van der Waals surface area contributed by atoms with E-state index in [4.69, 9.17) is 0 Å². The first-order chi connectivity index (χ1) is 9.85. The molecule has 0 aliphatic heterocycles. The van der Waals surface area contributed by atoms with Crippen molar-refractivity contribution in [1.82, 2.24) is 9.62 Å². The van der Waals surface area contributed by atoms with Crippen molar-refractivity contribution in [3.05, 3.63) is 35.4 Å². The Morgan fingerprint density at radius 3 is 2.24 bits per heavy atom. The molecule has 0 bridgehead atoms. The molecule has 0 saturated heterocycles. The molecule has 0 radical (unpaired) electrons. The van der Waals surface area contributed by atoms with E-state index in [1.807, 2.05) is 38.1 Å². The maximum absolute atomic E-state index is 12.2. The van der Waals surface area contributed by atoms with Crippen molar-refractivity contribution in [2.45, 2.75) is 39.5 Å². The van der Waals surface area contributed by atoms with Gasteiger partial charge in [0.15, 0.2) is 0 Å². The Kier molecular flexibility index (Phi) is 7.35. The summed E-state index contributed by atoms with van der Waals surface area (Å²) in [7, 11) is -1.57. The molecule has 0 unspecified atom stereocenters. The minimum Gasteiger partial charge on any atom is -0.313 e. The van der Waals surface area contributed by atoms with Gasteiger partial charge in [-0.15, -0.1) is 0 Å². The van der Waals surface area contributed by atoms with Crippen molar-refractivity contribution < 1.29 is 8.42 Å². The maximum Gasteiger partial charge on any atom is 0.218 e. The van der Waals surface area contributed by atoms with Crippen LogP contribution in [-0.4, -0.2) is 32.9 Å². The maximum atomic E-state index is 12.2. The fourth-order valence-electron chi connectivity index (χ4n) is 2.11. The van der Waals surface area contributed by atoms with Crippen molar-refractivity contribution >= 4 is 10.0 Å². The summed E-state index contributed by atoms with van der Waals surface area (Å²) in [6, 6.07) is 7.80. The Morgan fingerprint density at radius 1 is 1.14 bits per heavy atom. The summed E-state index contributed by atoms with van der Waals surface area (Å²) < 4.78 is 25.9. The van der Waals surface area contributed by atoms with E-state index in [0.29, 0.717) is 12.5 Å². The van der Waals surface area contributed by atoms with Crippen LogP contribution in [0.25, 0.3) is 0 Å². The summed E-state index contributed by atoms with van der Waals surface area (Å²) in [6.45, 7) is 8.55. The highest BCUT2D eigenvalue weighted by Crippen LogP contribution is 2.12. The van der Waals surface area contributed by atoms with Gasteiger partial charge in [-0.3, -0.25) is 0 Å². The molecule has 0 aliphatic rings. The standard InChI is InChI=1S/C16H28N2O2S/c1-5-10-17-11-15-6-8-16(9-7-15)13-21(19,20)18(4)12-14(2)3/h6-9,14,17H,5,10-13H2,1-4H3. The first-order valence-electron chi connectivity index (χ1n) is 7.57. The van der Waals surface area contributed by atoms with Gasteiger partial charge in [0.1, 0.15) is 0 Å². The average molecular weight is 312 g/mol. The Morgan fingerprint density at radius 2 is 1.71 bits per heavy atom. The molecule has 0 spiro atoms. The Bertz CT molecular complexity index is 510. The van der Waals surface area contributed by atoms with E-state index in [9.17, 15) is 8.42 Å². The molecule has 1 rings (SSSR count). The smallest absolute Gasteiger partial charge is 0.218 e. The zero-order chi connectivity index (χ0) is 15.9. The van der Waals surface area contributed by atoms with Gasteiger partial charge in [0.25, 0.3) is 0 Å². The van der Waals surface area contributed by atoms with Crippen LogP contribution < -0.4 is 5.32 Å². The van der Waals surface area contributed by atoms with Gasteiger partial charge in [-0.1, -0.05) is 45.0 Å². The van der Waals surface area contributed by atoms with E-state index in [1.165, 1.54) is 9.87 Å². The normalized spacial score (nSPS) is 12.3. The molecule has 0 aromatic heterocycles. The number of hydrogen-bond donors (Lipinski definition) is 1. The molecule has 4 nitrogen and oxygen atoms in total. The largest absolute Gasteiger partial charge is 0.313 e. The van der Waals surface area contributed by atoms with Gasteiger partial charge in [-0.25, -0.2) is 12.7 Å².